The van der Waals surface area contributed by atoms with Crippen molar-refractivity contribution in [2.24, 2.45) is 5.92 Å². The van der Waals surface area contributed by atoms with Crippen LogP contribution in [0.3, 0.4) is 0 Å². The van der Waals surface area contributed by atoms with E-state index >= 15 is 0 Å². The molecule has 1 aromatic carbocycles. The molecule has 7 heteroatoms. The van der Waals surface area contributed by atoms with E-state index in [1.165, 1.54) is 17.0 Å². The fraction of sp³-hybridized carbons (Fsp3) is 0.500. The molecule has 1 aliphatic rings. The van der Waals surface area contributed by atoms with Gasteiger partial charge in [0.1, 0.15) is 0 Å². The molecule has 0 radical (unpaired) electrons. The van der Waals surface area contributed by atoms with E-state index in [1.54, 1.807) is 0 Å². The third-order valence-electron chi connectivity index (χ3n) is 3.67. The first-order valence-corrected chi connectivity index (χ1v) is 7.73. The van der Waals surface area contributed by atoms with Gasteiger partial charge in [-0.15, -0.1) is 11.6 Å². The molecule has 1 aliphatic heterocycles. The molecule has 1 heterocycles. The second-order valence-electron chi connectivity index (χ2n) is 5.23. The van der Waals surface area contributed by atoms with Crippen LogP contribution >= 0.6 is 27.5 Å². The SMILES string of the molecule is CC1CCN(C(=O)c2ccc(Br)c(C(F)(F)F)c2)CC1Cl. The van der Waals surface area contributed by atoms with Crippen LogP contribution in [0.4, 0.5) is 13.2 Å². The summed E-state index contributed by atoms with van der Waals surface area (Å²) in [7, 11) is 0. The van der Waals surface area contributed by atoms with Crippen LogP contribution < -0.4 is 0 Å². The van der Waals surface area contributed by atoms with E-state index in [9.17, 15) is 18.0 Å². The Bertz CT molecular complexity index is 550. The summed E-state index contributed by atoms with van der Waals surface area (Å²) in [5.74, 6) is -0.114. The Kier molecular flexibility index (Phi) is 4.88. The maximum absolute atomic E-state index is 12.9. The molecule has 1 saturated heterocycles. The summed E-state index contributed by atoms with van der Waals surface area (Å²) in [6, 6.07) is 3.53. The molecule has 0 aliphatic carbocycles. The maximum atomic E-state index is 12.9. The van der Waals surface area contributed by atoms with Crippen molar-refractivity contribution in [3.8, 4) is 0 Å². The zero-order valence-corrected chi connectivity index (χ0v) is 13.6. The van der Waals surface area contributed by atoms with Crippen molar-refractivity contribution in [3.63, 3.8) is 0 Å². The average Bonchev–Trinajstić information content (AvgIpc) is 2.40. The predicted octanol–water partition coefficient (Wildman–Crippen LogP) is 4.56. The second-order valence-corrected chi connectivity index (χ2v) is 6.64. The van der Waals surface area contributed by atoms with Crippen LogP contribution in [0.1, 0.15) is 29.3 Å². The highest BCUT2D eigenvalue weighted by Crippen LogP contribution is 2.35. The van der Waals surface area contributed by atoms with Crippen LogP contribution in [0.25, 0.3) is 0 Å². The number of carbonyl (C=O) groups is 1. The van der Waals surface area contributed by atoms with Crippen molar-refractivity contribution >= 4 is 33.4 Å². The van der Waals surface area contributed by atoms with E-state index in [-0.39, 0.29) is 15.4 Å². The number of piperidine rings is 1. The lowest BCUT2D eigenvalue weighted by atomic mass is 9.98. The van der Waals surface area contributed by atoms with E-state index in [2.05, 4.69) is 15.9 Å². The van der Waals surface area contributed by atoms with E-state index in [0.29, 0.717) is 19.0 Å². The topological polar surface area (TPSA) is 20.3 Å². The Morgan fingerprint density at radius 2 is 2.10 bits per heavy atom. The van der Waals surface area contributed by atoms with Gasteiger partial charge in [0.15, 0.2) is 0 Å². The highest BCUT2D eigenvalue weighted by Gasteiger charge is 2.34. The third kappa shape index (κ3) is 3.72. The summed E-state index contributed by atoms with van der Waals surface area (Å²) in [5.41, 5.74) is -0.815. The molecule has 1 aromatic rings. The van der Waals surface area contributed by atoms with E-state index < -0.39 is 17.6 Å². The molecule has 2 atom stereocenters. The minimum absolute atomic E-state index is 0.0314. The molecular weight excluding hydrogens is 371 g/mol. The Hall–Kier alpha value is -0.750. The van der Waals surface area contributed by atoms with Crippen molar-refractivity contribution in [2.45, 2.75) is 24.9 Å². The first-order chi connectivity index (χ1) is 9.70. The van der Waals surface area contributed by atoms with Crippen molar-refractivity contribution in [1.82, 2.24) is 4.90 Å². The van der Waals surface area contributed by atoms with Crippen molar-refractivity contribution < 1.29 is 18.0 Å². The van der Waals surface area contributed by atoms with Gasteiger partial charge in [-0.1, -0.05) is 22.9 Å². The lowest BCUT2D eigenvalue weighted by Gasteiger charge is -2.34. The lowest BCUT2D eigenvalue weighted by Crippen LogP contribution is -2.43. The van der Waals surface area contributed by atoms with Gasteiger partial charge in [-0.2, -0.15) is 13.2 Å². The lowest BCUT2D eigenvalue weighted by molar-refractivity contribution is -0.138. The van der Waals surface area contributed by atoms with Crippen LogP contribution in [0.5, 0.6) is 0 Å². The molecule has 2 rings (SSSR count). The largest absolute Gasteiger partial charge is 0.417 e. The molecule has 0 aromatic heterocycles. The van der Waals surface area contributed by atoms with Gasteiger partial charge in [-0.05, 0) is 30.5 Å². The van der Waals surface area contributed by atoms with Crippen molar-refractivity contribution in [2.75, 3.05) is 13.1 Å². The molecule has 116 valence electrons. The molecule has 21 heavy (non-hydrogen) atoms. The van der Waals surface area contributed by atoms with Gasteiger partial charge in [-0.3, -0.25) is 4.79 Å². The highest BCUT2D eigenvalue weighted by molar-refractivity contribution is 9.10. The summed E-state index contributed by atoms with van der Waals surface area (Å²) in [4.78, 5) is 13.8. The zero-order chi connectivity index (χ0) is 15.8. The Balaban J connectivity index is 2.24. The quantitative estimate of drug-likeness (QED) is 0.650. The van der Waals surface area contributed by atoms with Crippen molar-refractivity contribution in [3.05, 3.63) is 33.8 Å². The number of rotatable bonds is 1. The third-order valence-corrected chi connectivity index (χ3v) is 4.93. The average molecular weight is 385 g/mol. The van der Waals surface area contributed by atoms with Gasteiger partial charge in [0.25, 0.3) is 5.91 Å². The molecule has 0 spiro atoms. The molecule has 0 N–H and O–H groups in total. The Labute approximate surface area is 134 Å². The summed E-state index contributed by atoms with van der Waals surface area (Å²) < 4.78 is 38.5. The number of nitrogens with zero attached hydrogens (tertiary/aromatic N) is 1. The number of halogens is 5. The summed E-state index contributed by atoms with van der Waals surface area (Å²) >= 11 is 9.00. The van der Waals surface area contributed by atoms with Crippen molar-refractivity contribution in [1.29, 1.82) is 0 Å². The van der Waals surface area contributed by atoms with Crippen LogP contribution in [-0.2, 0) is 6.18 Å². The fourth-order valence-electron chi connectivity index (χ4n) is 2.26. The first kappa shape index (κ1) is 16.6. The van der Waals surface area contributed by atoms with Gasteiger partial charge in [-0.25, -0.2) is 0 Å². The normalized spacial score (nSPS) is 23.2. The van der Waals surface area contributed by atoms with E-state index in [1.807, 2.05) is 6.92 Å². The van der Waals surface area contributed by atoms with E-state index in [4.69, 9.17) is 11.6 Å². The number of carbonyl (C=O) groups excluding carboxylic acids is 1. The molecule has 0 saturated carbocycles. The number of benzene rings is 1. The number of hydrogen-bond acceptors (Lipinski definition) is 1. The zero-order valence-electron chi connectivity index (χ0n) is 11.3. The Morgan fingerprint density at radius 3 is 2.67 bits per heavy atom. The monoisotopic (exact) mass is 383 g/mol. The van der Waals surface area contributed by atoms with Crippen LogP contribution in [0.15, 0.2) is 22.7 Å². The predicted molar refractivity (Wildman–Crippen MR) is 78.5 cm³/mol. The van der Waals surface area contributed by atoms with Gasteiger partial charge in [0, 0.05) is 23.1 Å². The van der Waals surface area contributed by atoms with Gasteiger partial charge >= 0.3 is 6.18 Å². The van der Waals surface area contributed by atoms with Crippen LogP contribution in [0, 0.1) is 5.92 Å². The molecule has 0 bridgehead atoms. The number of hydrogen-bond donors (Lipinski definition) is 0. The van der Waals surface area contributed by atoms with E-state index in [0.717, 1.165) is 12.5 Å². The second kappa shape index (κ2) is 6.16. The minimum atomic E-state index is -4.50. The van der Waals surface area contributed by atoms with Crippen LogP contribution in [-0.4, -0.2) is 29.3 Å². The number of alkyl halides is 4. The standard InChI is InChI=1S/C14H14BrClF3NO/c1-8-4-5-20(7-12(8)16)13(21)9-2-3-11(15)10(6-9)14(17,18)19/h2-3,6,8,12H,4-5,7H2,1H3. The summed E-state index contributed by atoms with van der Waals surface area (Å²) in [6.07, 6.45) is -3.75. The molecule has 1 amide bonds. The minimum Gasteiger partial charge on any atom is -0.337 e. The van der Waals surface area contributed by atoms with Gasteiger partial charge < -0.3 is 4.90 Å². The van der Waals surface area contributed by atoms with Gasteiger partial charge in [0.2, 0.25) is 0 Å². The Morgan fingerprint density at radius 1 is 1.43 bits per heavy atom. The molecule has 2 nitrogen and oxygen atoms in total. The number of likely N-dealkylation sites (tertiary alicyclic amines) is 1. The molecule has 2 unspecified atom stereocenters. The van der Waals surface area contributed by atoms with Crippen LogP contribution in [0.2, 0.25) is 0 Å². The maximum Gasteiger partial charge on any atom is 0.417 e. The molecule has 1 fully saturated rings. The molecular formula is C14H14BrClF3NO. The fourth-order valence-corrected chi connectivity index (χ4v) is 3.03. The highest BCUT2D eigenvalue weighted by atomic mass is 79.9. The number of amides is 1. The van der Waals surface area contributed by atoms with Gasteiger partial charge in [0.05, 0.1) is 10.9 Å². The summed E-state index contributed by atoms with van der Waals surface area (Å²) in [5, 5.41) is -0.166. The smallest absolute Gasteiger partial charge is 0.337 e. The summed E-state index contributed by atoms with van der Waals surface area (Å²) in [6.45, 7) is 2.88. The first-order valence-electron chi connectivity index (χ1n) is 6.50.